The fourth-order valence-corrected chi connectivity index (χ4v) is 2.44. The summed E-state index contributed by atoms with van der Waals surface area (Å²) >= 11 is 0. The fraction of sp³-hybridized carbons (Fsp3) is 0.111. The molecule has 1 aromatic heterocycles. The van der Waals surface area contributed by atoms with E-state index in [9.17, 15) is 9.59 Å². The Labute approximate surface area is 133 Å². The lowest BCUT2D eigenvalue weighted by molar-refractivity contribution is 0.0846. The van der Waals surface area contributed by atoms with Crippen molar-refractivity contribution in [2.24, 2.45) is 0 Å². The van der Waals surface area contributed by atoms with E-state index >= 15 is 0 Å². The molecule has 0 aliphatic rings. The van der Waals surface area contributed by atoms with Gasteiger partial charge in [0, 0.05) is 5.56 Å². The van der Waals surface area contributed by atoms with Gasteiger partial charge in [-0.05, 0) is 42.8 Å². The zero-order valence-electron chi connectivity index (χ0n) is 12.8. The zero-order chi connectivity index (χ0) is 16.4. The number of carbonyl (C=O) groups excluding carboxylic acids is 2. The first-order valence-electron chi connectivity index (χ1n) is 7.21. The first-order chi connectivity index (χ1) is 11.0. The van der Waals surface area contributed by atoms with Crippen LogP contribution in [-0.2, 0) is 0 Å². The molecule has 5 nitrogen and oxygen atoms in total. The number of hydrogen-bond acceptors (Lipinski definition) is 3. The molecule has 116 valence electrons. The van der Waals surface area contributed by atoms with Crippen molar-refractivity contribution in [3.8, 4) is 0 Å². The molecule has 2 amide bonds. The average Bonchev–Trinajstić information content (AvgIpc) is 2.90. The Morgan fingerprint density at radius 1 is 0.870 bits per heavy atom. The van der Waals surface area contributed by atoms with Crippen LogP contribution in [0.1, 0.15) is 32.2 Å². The molecule has 0 fully saturated rings. The van der Waals surface area contributed by atoms with Crippen LogP contribution in [0.2, 0.25) is 0 Å². The molecule has 3 aromatic rings. The summed E-state index contributed by atoms with van der Waals surface area (Å²) in [7, 11) is 0. The number of carbonyl (C=O) groups is 2. The third kappa shape index (κ3) is 3.08. The lowest BCUT2D eigenvalue weighted by Crippen LogP contribution is -2.41. The number of benzene rings is 2. The highest BCUT2D eigenvalue weighted by molar-refractivity contribution is 6.01. The molecule has 23 heavy (non-hydrogen) atoms. The van der Waals surface area contributed by atoms with Crippen LogP contribution >= 0.6 is 0 Å². The topological polar surface area (TPSA) is 71.3 Å². The molecule has 5 heteroatoms. The molecular weight excluding hydrogens is 292 g/mol. The van der Waals surface area contributed by atoms with Gasteiger partial charge in [0.25, 0.3) is 11.8 Å². The molecule has 0 saturated carbocycles. The minimum atomic E-state index is -0.409. The van der Waals surface area contributed by atoms with Gasteiger partial charge in [-0.25, -0.2) is 0 Å². The Hall–Kier alpha value is -3.08. The molecule has 0 atom stereocenters. The molecule has 0 spiro atoms. The van der Waals surface area contributed by atoms with E-state index in [4.69, 9.17) is 4.42 Å². The Kier molecular flexibility index (Phi) is 3.85. The van der Waals surface area contributed by atoms with Crippen LogP contribution in [0.5, 0.6) is 0 Å². The lowest BCUT2D eigenvalue weighted by Gasteiger charge is -2.07. The Bertz CT molecular complexity index is 896. The summed E-state index contributed by atoms with van der Waals surface area (Å²) in [5.74, 6) is 0.379. The third-order valence-corrected chi connectivity index (χ3v) is 3.59. The van der Waals surface area contributed by atoms with Crippen molar-refractivity contribution in [1.29, 1.82) is 0 Å². The van der Waals surface area contributed by atoms with Crippen LogP contribution in [0, 0.1) is 13.8 Å². The Morgan fingerprint density at radius 3 is 2.26 bits per heavy atom. The van der Waals surface area contributed by atoms with Crippen LogP contribution in [0.4, 0.5) is 0 Å². The number of amides is 2. The van der Waals surface area contributed by atoms with Crippen molar-refractivity contribution in [3.05, 3.63) is 71.2 Å². The van der Waals surface area contributed by atoms with Gasteiger partial charge >= 0.3 is 0 Å². The molecule has 2 N–H and O–H groups in total. The lowest BCUT2D eigenvalue weighted by atomic mass is 10.1. The molecule has 0 radical (unpaired) electrons. The van der Waals surface area contributed by atoms with Crippen molar-refractivity contribution in [2.45, 2.75) is 13.8 Å². The van der Waals surface area contributed by atoms with Crippen molar-refractivity contribution in [2.75, 3.05) is 0 Å². The number of rotatable bonds is 2. The largest absolute Gasteiger partial charge is 0.466 e. The highest BCUT2D eigenvalue weighted by Gasteiger charge is 2.14. The maximum Gasteiger partial charge on any atom is 0.273 e. The molecular formula is C18H16N2O3. The molecule has 3 rings (SSSR count). The van der Waals surface area contributed by atoms with Gasteiger partial charge in [-0.2, -0.15) is 0 Å². The predicted octanol–water partition coefficient (Wildman–Crippen LogP) is 3.12. The van der Waals surface area contributed by atoms with E-state index in [0.717, 1.165) is 10.8 Å². The molecule has 0 saturated heterocycles. The van der Waals surface area contributed by atoms with Gasteiger partial charge in [0.2, 0.25) is 0 Å². The smallest absolute Gasteiger partial charge is 0.273 e. The van der Waals surface area contributed by atoms with E-state index < -0.39 is 5.91 Å². The number of hydrazine groups is 1. The summed E-state index contributed by atoms with van der Waals surface area (Å²) < 4.78 is 5.30. The maximum absolute atomic E-state index is 12.2. The van der Waals surface area contributed by atoms with E-state index in [2.05, 4.69) is 10.9 Å². The van der Waals surface area contributed by atoms with Crippen molar-refractivity contribution in [1.82, 2.24) is 10.9 Å². The second kappa shape index (κ2) is 5.96. The number of aryl methyl sites for hydroxylation is 2. The van der Waals surface area contributed by atoms with Gasteiger partial charge < -0.3 is 4.42 Å². The molecule has 0 unspecified atom stereocenters. The summed E-state index contributed by atoms with van der Waals surface area (Å²) in [4.78, 5) is 24.2. The molecule has 0 bridgehead atoms. The predicted molar refractivity (Wildman–Crippen MR) is 87.1 cm³/mol. The minimum absolute atomic E-state index is 0.373. The SMILES string of the molecule is Cc1cc(C(=O)NNC(=O)c2ccc3ccccc3c2)c(C)o1. The van der Waals surface area contributed by atoms with Gasteiger partial charge in [0.05, 0.1) is 5.56 Å². The summed E-state index contributed by atoms with van der Waals surface area (Å²) in [6.07, 6.45) is 0. The van der Waals surface area contributed by atoms with Gasteiger partial charge in [-0.15, -0.1) is 0 Å². The van der Waals surface area contributed by atoms with Crippen LogP contribution < -0.4 is 10.9 Å². The first kappa shape index (κ1) is 14.8. The monoisotopic (exact) mass is 308 g/mol. The van der Waals surface area contributed by atoms with Crippen LogP contribution in [0.25, 0.3) is 10.8 Å². The highest BCUT2D eigenvalue weighted by atomic mass is 16.3. The summed E-state index contributed by atoms with van der Waals surface area (Å²) in [6.45, 7) is 3.46. The van der Waals surface area contributed by atoms with Gasteiger partial charge in [-0.3, -0.25) is 20.4 Å². The quantitative estimate of drug-likeness (QED) is 0.715. The maximum atomic E-state index is 12.2. The zero-order valence-corrected chi connectivity index (χ0v) is 12.8. The van der Waals surface area contributed by atoms with Crippen molar-refractivity contribution < 1.29 is 14.0 Å². The van der Waals surface area contributed by atoms with E-state index in [1.165, 1.54) is 0 Å². The molecule has 0 aliphatic heterocycles. The second-order valence-electron chi connectivity index (χ2n) is 5.30. The number of hydrogen-bond donors (Lipinski definition) is 2. The second-order valence-corrected chi connectivity index (χ2v) is 5.30. The van der Waals surface area contributed by atoms with E-state index in [0.29, 0.717) is 22.6 Å². The summed E-state index contributed by atoms with van der Waals surface area (Å²) in [5, 5.41) is 2.02. The minimum Gasteiger partial charge on any atom is -0.466 e. The Morgan fingerprint density at radius 2 is 1.57 bits per heavy atom. The molecule has 0 aliphatic carbocycles. The third-order valence-electron chi connectivity index (χ3n) is 3.59. The van der Waals surface area contributed by atoms with Crippen LogP contribution in [0.15, 0.2) is 52.9 Å². The standard InChI is InChI=1S/C18H16N2O3/c1-11-9-16(12(2)23-11)18(22)20-19-17(21)15-8-7-13-5-3-4-6-14(13)10-15/h3-10H,1-2H3,(H,19,21)(H,20,22). The van der Waals surface area contributed by atoms with Crippen LogP contribution in [0.3, 0.4) is 0 Å². The number of fused-ring (bicyclic) bond motifs is 1. The van der Waals surface area contributed by atoms with Crippen LogP contribution in [-0.4, -0.2) is 11.8 Å². The fourth-order valence-electron chi connectivity index (χ4n) is 2.44. The summed E-state index contributed by atoms with van der Waals surface area (Å²) in [6, 6.07) is 14.8. The number of nitrogens with one attached hydrogen (secondary N) is 2. The normalized spacial score (nSPS) is 10.5. The van der Waals surface area contributed by atoms with Gasteiger partial charge in [0.1, 0.15) is 11.5 Å². The van der Waals surface area contributed by atoms with E-state index in [1.807, 2.05) is 30.3 Å². The van der Waals surface area contributed by atoms with Gasteiger partial charge in [-0.1, -0.05) is 30.3 Å². The Balaban J connectivity index is 1.71. The molecule has 2 aromatic carbocycles. The average molecular weight is 308 g/mol. The van der Waals surface area contributed by atoms with Gasteiger partial charge in [0.15, 0.2) is 0 Å². The molecule has 1 heterocycles. The van der Waals surface area contributed by atoms with Crippen molar-refractivity contribution in [3.63, 3.8) is 0 Å². The number of furan rings is 1. The first-order valence-corrected chi connectivity index (χ1v) is 7.21. The summed E-state index contributed by atoms with van der Waals surface area (Å²) in [5.41, 5.74) is 5.70. The highest BCUT2D eigenvalue weighted by Crippen LogP contribution is 2.16. The van der Waals surface area contributed by atoms with Crippen molar-refractivity contribution >= 4 is 22.6 Å². The van der Waals surface area contributed by atoms with E-state index in [1.54, 1.807) is 32.0 Å². The van der Waals surface area contributed by atoms with E-state index in [-0.39, 0.29) is 5.91 Å².